The van der Waals surface area contributed by atoms with Crippen LogP contribution in [0.25, 0.3) is 0 Å². The molecule has 0 unspecified atom stereocenters. The summed E-state index contributed by atoms with van der Waals surface area (Å²) in [7, 11) is 0. The van der Waals surface area contributed by atoms with Gasteiger partial charge < -0.3 is 14.2 Å². The molecule has 0 saturated carbocycles. The first-order valence-corrected chi connectivity index (χ1v) is 27.7. The van der Waals surface area contributed by atoms with Crippen molar-refractivity contribution in [2.45, 2.75) is 232 Å². The molecule has 0 aromatic carbocycles. The Morgan fingerprint density at radius 2 is 0.580 bits per heavy atom. The Morgan fingerprint density at radius 3 is 1.00 bits per heavy atom. The van der Waals surface area contributed by atoms with Crippen molar-refractivity contribution in [2.24, 2.45) is 0 Å². The van der Waals surface area contributed by atoms with Crippen LogP contribution >= 0.6 is 0 Å². The van der Waals surface area contributed by atoms with E-state index in [0.717, 1.165) is 103 Å². The van der Waals surface area contributed by atoms with E-state index in [1.807, 2.05) is 0 Å². The van der Waals surface area contributed by atoms with Crippen molar-refractivity contribution >= 4 is 17.9 Å². The molecule has 1 atom stereocenters. The zero-order valence-electron chi connectivity index (χ0n) is 44.3. The highest BCUT2D eigenvalue weighted by atomic mass is 16.6. The van der Waals surface area contributed by atoms with Crippen LogP contribution in [0.15, 0.2) is 134 Å². The molecule has 0 heterocycles. The number of carbonyl (C=O) groups is 3. The summed E-state index contributed by atoms with van der Waals surface area (Å²) in [4.78, 5) is 38.1. The van der Waals surface area contributed by atoms with Gasteiger partial charge in [0.15, 0.2) is 6.10 Å². The van der Waals surface area contributed by atoms with E-state index in [0.29, 0.717) is 19.3 Å². The molecule has 69 heavy (non-hydrogen) atoms. The molecular weight excluding hydrogens is 853 g/mol. The first kappa shape index (κ1) is 64.5. The van der Waals surface area contributed by atoms with Gasteiger partial charge in [-0.15, -0.1) is 0 Å². The van der Waals surface area contributed by atoms with E-state index in [9.17, 15) is 14.4 Å². The van der Waals surface area contributed by atoms with Gasteiger partial charge in [0.05, 0.1) is 0 Å². The molecule has 0 aromatic rings. The third kappa shape index (κ3) is 54.4. The van der Waals surface area contributed by atoms with Gasteiger partial charge in [0.25, 0.3) is 0 Å². The average Bonchev–Trinajstić information content (AvgIpc) is 3.35. The number of carbonyl (C=O) groups excluding carboxylic acids is 3. The SMILES string of the molecule is CC/C=C\C/C=C\C/C=C\C/C=C\CCCCC(=O)O[C@@H](COC(=O)CCC/C=C\C/C=C\C/C=C\CCCCCCCC)COC(=O)CCCCC/C=C\C/C=C\C/C=C\C/C=C\CCCCC. The average molecular weight is 953 g/mol. The zero-order valence-corrected chi connectivity index (χ0v) is 44.3. The van der Waals surface area contributed by atoms with Crippen LogP contribution in [0.1, 0.15) is 226 Å². The quantitative estimate of drug-likeness (QED) is 0.0262. The Kier molecular flexibility index (Phi) is 52.5. The zero-order chi connectivity index (χ0) is 50.0. The van der Waals surface area contributed by atoms with Crippen molar-refractivity contribution in [3.8, 4) is 0 Å². The van der Waals surface area contributed by atoms with Crippen LogP contribution in [0.4, 0.5) is 0 Å². The van der Waals surface area contributed by atoms with E-state index in [-0.39, 0.29) is 44.0 Å². The second kappa shape index (κ2) is 56.1. The first-order valence-electron chi connectivity index (χ1n) is 27.7. The maximum Gasteiger partial charge on any atom is 0.306 e. The largest absolute Gasteiger partial charge is 0.462 e. The van der Waals surface area contributed by atoms with Gasteiger partial charge in [-0.05, 0) is 135 Å². The summed E-state index contributed by atoms with van der Waals surface area (Å²) in [5.74, 6) is -1.06. The van der Waals surface area contributed by atoms with Gasteiger partial charge in [-0.3, -0.25) is 14.4 Å². The summed E-state index contributed by atoms with van der Waals surface area (Å²) in [6, 6.07) is 0. The molecule has 6 nitrogen and oxygen atoms in total. The number of hydrogen-bond donors (Lipinski definition) is 0. The van der Waals surface area contributed by atoms with E-state index in [1.165, 1.54) is 70.6 Å². The minimum atomic E-state index is -0.839. The molecule has 0 aliphatic rings. The predicted molar refractivity (Wildman–Crippen MR) is 297 cm³/mol. The van der Waals surface area contributed by atoms with Gasteiger partial charge in [-0.25, -0.2) is 0 Å². The molecule has 6 heteroatoms. The van der Waals surface area contributed by atoms with Crippen LogP contribution in [0, 0.1) is 0 Å². The first-order chi connectivity index (χ1) is 34.0. The highest BCUT2D eigenvalue weighted by molar-refractivity contribution is 5.71. The number of allylic oxidation sites excluding steroid dienone is 22. The van der Waals surface area contributed by atoms with Crippen molar-refractivity contribution in [2.75, 3.05) is 13.2 Å². The van der Waals surface area contributed by atoms with Gasteiger partial charge in [0.1, 0.15) is 13.2 Å². The molecule has 0 aromatic heterocycles. The Morgan fingerprint density at radius 1 is 0.304 bits per heavy atom. The summed E-state index contributed by atoms with van der Waals surface area (Å²) >= 11 is 0. The molecule has 0 spiro atoms. The lowest BCUT2D eigenvalue weighted by molar-refractivity contribution is -0.167. The van der Waals surface area contributed by atoms with Crippen molar-refractivity contribution < 1.29 is 28.6 Å². The predicted octanol–water partition coefficient (Wildman–Crippen LogP) is 18.6. The van der Waals surface area contributed by atoms with Crippen molar-refractivity contribution in [3.63, 3.8) is 0 Å². The minimum Gasteiger partial charge on any atom is -0.462 e. The second-order valence-electron chi connectivity index (χ2n) is 17.7. The number of ether oxygens (including phenoxy) is 3. The minimum absolute atomic E-state index is 0.132. The lowest BCUT2D eigenvalue weighted by atomic mass is 10.1. The number of rotatable bonds is 48. The van der Waals surface area contributed by atoms with E-state index >= 15 is 0 Å². The highest BCUT2D eigenvalue weighted by Gasteiger charge is 2.19. The van der Waals surface area contributed by atoms with E-state index in [4.69, 9.17) is 14.2 Å². The van der Waals surface area contributed by atoms with Gasteiger partial charge in [-0.2, -0.15) is 0 Å². The van der Waals surface area contributed by atoms with Gasteiger partial charge in [0.2, 0.25) is 0 Å². The third-order valence-corrected chi connectivity index (χ3v) is 11.1. The molecule has 0 saturated heterocycles. The van der Waals surface area contributed by atoms with Crippen LogP contribution in [-0.4, -0.2) is 37.2 Å². The fraction of sp³-hybridized carbons (Fsp3) is 0.603. The number of unbranched alkanes of at least 4 members (excludes halogenated alkanes) is 15. The van der Waals surface area contributed by atoms with Crippen molar-refractivity contribution in [1.82, 2.24) is 0 Å². The van der Waals surface area contributed by atoms with Crippen LogP contribution in [0.2, 0.25) is 0 Å². The third-order valence-electron chi connectivity index (χ3n) is 11.1. The number of hydrogen-bond acceptors (Lipinski definition) is 6. The molecule has 388 valence electrons. The highest BCUT2D eigenvalue weighted by Crippen LogP contribution is 2.11. The van der Waals surface area contributed by atoms with Crippen molar-refractivity contribution in [1.29, 1.82) is 0 Å². The monoisotopic (exact) mass is 953 g/mol. The summed E-state index contributed by atoms with van der Waals surface area (Å²) in [5, 5.41) is 0. The number of esters is 3. The van der Waals surface area contributed by atoms with Gasteiger partial charge in [0, 0.05) is 19.3 Å². The molecule has 0 bridgehead atoms. The summed E-state index contributed by atoms with van der Waals surface area (Å²) in [6.07, 6.45) is 78.7. The van der Waals surface area contributed by atoms with Crippen LogP contribution in [-0.2, 0) is 28.6 Å². The van der Waals surface area contributed by atoms with Gasteiger partial charge in [-0.1, -0.05) is 206 Å². The lowest BCUT2D eigenvalue weighted by Crippen LogP contribution is -2.30. The molecule has 0 rings (SSSR count). The summed E-state index contributed by atoms with van der Waals surface area (Å²) < 4.78 is 16.7. The summed E-state index contributed by atoms with van der Waals surface area (Å²) in [5.41, 5.74) is 0. The van der Waals surface area contributed by atoms with E-state index in [2.05, 4.69) is 154 Å². The Balaban J connectivity index is 4.60. The molecule has 0 amide bonds. The molecular formula is C63H100O6. The molecule has 0 radical (unpaired) electrons. The van der Waals surface area contributed by atoms with E-state index < -0.39 is 6.10 Å². The van der Waals surface area contributed by atoms with Crippen LogP contribution in [0.5, 0.6) is 0 Å². The second-order valence-corrected chi connectivity index (χ2v) is 17.7. The molecule has 0 N–H and O–H groups in total. The summed E-state index contributed by atoms with van der Waals surface area (Å²) in [6.45, 7) is 6.37. The van der Waals surface area contributed by atoms with E-state index in [1.54, 1.807) is 0 Å². The normalized spacial score (nSPS) is 13.1. The Bertz CT molecular complexity index is 1510. The topological polar surface area (TPSA) is 78.9 Å². The smallest absolute Gasteiger partial charge is 0.306 e. The fourth-order valence-electron chi connectivity index (χ4n) is 6.96. The maximum atomic E-state index is 12.8. The molecule has 0 aliphatic carbocycles. The van der Waals surface area contributed by atoms with Crippen molar-refractivity contribution in [3.05, 3.63) is 134 Å². The Labute approximate surface area is 424 Å². The molecule has 0 aliphatic heterocycles. The fourth-order valence-corrected chi connectivity index (χ4v) is 6.96. The maximum absolute atomic E-state index is 12.8. The van der Waals surface area contributed by atoms with Crippen LogP contribution in [0.3, 0.4) is 0 Å². The Hall–Kier alpha value is -4.45. The lowest BCUT2D eigenvalue weighted by Gasteiger charge is -2.18. The molecule has 0 fully saturated rings. The van der Waals surface area contributed by atoms with Gasteiger partial charge >= 0.3 is 17.9 Å². The standard InChI is InChI=1S/C63H100O6/c1-4-7-10-13-16-19-22-25-28-30-31-33-36-38-41-44-47-50-53-56-62(65)68-59-60(69-63(66)57-54-51-48-45-42-39-34-27-24-21-18-15-12-9-6-3)58-67-61(64)55-52-49-46-43-40-37-35-32-29-26-23-20-17-14-11-8-5-2/h9,12,16,18-19,21,25-29,31,33-35,37-38,41-43,45-46,60H,4-8,10-11,13-15,17,20,22-24,30,32,36,39-40,44,47-59H2,1-3H3/b12-9-,19-16-,21-18-,28-25-,29-26-,33-31-,34-27-,37-35-,41-38-,45-42-,46-43-/t60-/m0/s1. The van der Waals surface area contributed by atoms with Crippen LogP contribution < -0.4 is 0 Å².